The van der Waals surface area contributed by atoms with Gasteiger partial charge in [0.05, 0.1) is 37.6 Å². The van der Waals surface area contributed by atoms with Crippen LogP contribution in [0.25, 0.3) is 5.69 Å². The maximum Gasteiger partial charge on any atom is 0.337 e. The quantitative estimate of drug-likeness (QED) is 0.253. The smallest absolute Gasteiger partial charge is 0.337 e. The number of carbonyl (C=O) groups excluding carboxylic acids is 1. The number of nitrogens with one attached hydrogen (secondary N) is 1. The van der Waals surface area contributed by atoms with Gasteiger partial charge in [0.2, 0.25) is 0 Å². The number of aromatic nitrogens is 2. The summed E-state index contributed by atoms with van der Waals surface area (Å²) in [5.74, 6) is 0.456. The van der Waals surface area contributed by atoms with Crippen molar-refractivity contribution in [3.63, 3.8) is 0 Å². The van der Waals surface area contributed by atoms with E-state index < -0.39 is 0 Å². The van der Waals surface area contributed by atoms with E-state index in [1.165, 1.54) is 7.11 Å². The van der Waals surface area contributed by atoms with Gasteiger partial charge in [-0.1, -0.05) is 24.3 Å². The van der Waals surface area contributed by atoms with Gasteiger partial charge in [-0.05, 0) is 85.7 Å². The zero-order chi connectivity index (χ0) is 26.8. The highest BCUT2D eigenvalue weighted by atomic mass is 32.1. The van der Waals surface area contributed by atoms with Crippen molar-refractivity contribution in [1.29, 1.82) is 0 Å². The average Bonchev–Trinajstić information content (AvgIpc) is 3.43. The lowest BCUT2D eigenvalue weighted by Crippen LogP contribution is -2.29. The fourth-order valence-electron chi connectivity index (χ4n) is 5.22. The van der Waals surface area contributed by atoms with E-state index in [1.54, 1.807) is 13.2 Å². The van der Waals surface area contributed by atoms with E-state index in [1.807, 2.05) is 54.7 Å². The monoisotopic (exact) mass is 526 g/mol. The van der Waals surface area contributed by atoms with Crippen molar-refractivity contribution in [3.8, 4) is 11.4 Å². The molecule has 0 aliphatic carbocycles. The highest BCUT2D eigenvalue weighted by molar-refractivity contribution is 7.80. The van der Waals surface area contributed by atoms with Crippen LogP contribution in [0, 0.1) is 13.8 Å². The third-order valence-electron chi connectivity index (χ3n) is 7.02. The molecule has 1 saturated heterocycles. The van der Waals surface area contributed by atoms with Crippen LogP contribution in [0.3, 0.4) is 0 Å². The molecule has 38 heavy (non-hydrogen) atoms. The van der Waals surface area contributed by atoms with Crippen molar-refractivity contribution in [1.82, 2.24) is 19.8 Å². The van der Waals surface area contributed by atoms with E-state index in [0.717, 1.165) is 39.6 Å². The summed E-state index contributed by atoms with van der Waals surface area (Å²) in [6.07, 6.45) is 1.81. The summed E-state index contributed by atoms with van der Waals surface area (Å²) in [5.41, 5.74) is 6.73. The zero-order valence-electron chi connectivity index (χ0n) is 21.8. The van der Waals surface area contributed by atoms with Gasteiger partial charge in [-0.25, -0.2) is 4.79 Å². The number of rotatable bonds is 7. The molecule has 1 N–H and O–H groups in total. The number of thiocarbonyl (C=S) groups is 1. The van der Waals surface area contributed by atoms with Crippen molar-refractivity contribution >= 4 is 23.3 Å². The van der Waals surface area contributed by atoms with Crippen LogP contribution in [-0.2, 0) is 11.3 Å². The van der Waals surface area contributed by atoms with E-state index in [0.29, 0.717) is 17.2 Å². The summed E-state index contributed by atoms with van der Waals surface area (Å²) < 4.78 is 12.5. The first-order valence-corrected chi connectivity index (χ1v) is 12.8. The lowest BCUT2D eigenvalue weighted by atomic mass is 9.96. The van der Waals surface area contributed by atoms with Gasteiger partial charge in [-0.2, -0.15) is 0 Å². The molecule has 2 aromatic heterocycles. The Hall–Kier alpha value is -4.17. The Morgan fingerprint density at radius 1 is 1.03 bits per heavy atom. The van der Waals surface area contributed by atoms with Gasteiger partial charge in [0, 0.05) is 29.8 Å². The van der Waals surface area contributed by atoms with E-state index in [2.05, 4.69) is 51.8 Å². The van der Waals surface area contributed by atoms with Crippen molar-refractivity contribution < 1.29 is 14.3 Å². The van der Waals surface area contributed by atoms with Gasteiger partial charge >= 0.3 is 5.97 Å². The number of benzene rings is 2. The van der Waals surface area contributed by atoms with Crippen LogP contribution in [-0.4, -0.2) is 39.8 Å². The van der Waals surface area contributed by atoms with Crippen LogP contribution in [0.1, 0.15) is 50.7 Å². The Kier molecular flexibility index (Phi) is 7.15. The number of hydrogen-bond donors (Lipinski definition) is 1. The van der Waals surface area contributed by atoms with Crippen LogP contribution >= 0.6 is 12.2 Å². The van der Waals surface area contributed by atoms with Crippen LogP contribution in [0.4, 0.5) is 0 Å². The van der Waals surface area contributed by atoms with Gasteiger partial charge in [-0.3, -0.25) is 4.98 Å². The topological polar surface area (TPSA) is 68.6 Å². The standard InChI is InChI=1S/C30H30N4O3S/c1-19-16-25(20(2)34(19)23-9-7-8-22(17-23)29(35)37-4)28-27(26-10-5-6-15-31-26)32-30(38)33(28)18-21-11-13-24(36-3)14-12-21/h5-17,27-28H,18H2,1-4H3,(H,32,38)/t27-,28+/m0/s1. The molecule has 0 spiro atoms. The number of esters is 1. The third-order valence-corrected chi connectivity index (χ3v) is 7.38. The minimum atomic E-state index is -0.360. The molecule has 0 bridgehead atoms. The van der Waals surface area contributed by atoms with E-state index in [9.17, 15) is 4.79 Å². The summed E-state index contributed by atoms with van der Waals surface area (Å²) in [6, 6.07) is 23.5. The summed E-state index contributed by atoms with van der Waals surface area (Å²) >= 11 is 5.88. The minimum Gasteiger partial charge on any atom is -0.497 e. The second kappa shape index (κ2) is 10.7. The second-order valence-corrected chi connectivity index (χ2v) is 9.69. The van der Waals surface area contributed by atoms with Crippen LogP contribution in [0.2, 0.25) is 0 Å². The number of carbonyl (C=O) groups is 1. The van der Waals surface area contributed by atoms with Crippen molar-refractivity contribution in [3.05, 3.63) is 113 Å². The first-order chi connectivity index (χ1) is 18.4. The van der Waals surface area contributed by atoms with Gasteiger partial charge in [0.1, 0.15) is 5.75 Å². The van der Waals surface area contributed by atoms with Crippen LogP contribution in [0.5, 0.6) is 5.75 Å². The summed E-state index contributed by atoms with van der Waals surface area (Å²) in [7, 11) is 3.06. The number of ether oxygens (including phenoxy) is 2. The number of methoxy groups -OCH3 is 2. The predicted molar refractivity (Wildman–Crippen MR) is 151 cm³/mol. The van der Waals surface area contributed by atoms with Gasteiger partial charge in [-0.15, -0.1) is 0 Å². The first-order valence-electron chi connectivity index (χ1n) is 12.4. The number of pyridine rings is 1. The van der Waals surface area contributed by atoms with Gasteiger partial charge in [0.25, 0.3) is 0 Å². The summed E-state index contributed by atoms with van der Waals surface area (Å²) in [5, 5.41) is 4.22. The fourth-order valence-corrected chi connectivity index (χ4v) is 5.52. The van der Waals surface area contributed by atoms with E-state index in [-0.39, 0.29) is 18.1 Å². The summed E-state index contributed by atoms with van der Waals surface area (Å²) in [6.45, 7) is 4.81. The third kappa shape index (κ3) is 4.75. The molecule has 3 heterocycles. The molecule has 0 radical (unpaired) electrons. The van der Waals surface area contributed by atoms with Crippen molar-refractivity contribution in [2.75, 3.05) is 14.2 Å². The molecule has 194 valence electrons. The highest BCUT2D eigenvalue weighted by Crippen LogP contribution is 2.42. The molecule has 2 aromatic carbocycles. The fraction of sp³-hybridized carbons (Fsp3) is 0.233. The Balaban J connectivity index is 1.59. The normalized spacial score (nSPS) is 16.8. The molecule has 2 atom stereocenters. The largest absolute Gasteiger partial charge is 0.497 e. The maximum absolute atomic E-state index is 12.2. The van der Waals surface area contributed by atoms with Crippen molar-refractivity contribution in [2.45, 2.75) is 32.5 Å². The second-order valence-electron chi connectivity index (χ2n) is 9.31. The number of aryl methyl sites for hydroxylation is 1. The number of nitrogens with zero attached hydrogens (tertiary/aromatic N) is 3. The average molecular weight is 527 g/mol. The Bertz CT molecular complexity index is 1470. The molecular weight excluding hydrogens is 496 g/mol. The van der Waals surface area contributed by atoms with Crippen LogP contribution in [0.15, 0.2) is 79.0 Å². The Labute approximate surface area is 228 Å². The Morgan fingerprint density at radius 2 is 1.82 bits per heavy atom. The minimum absolute atomic E-state index is 0.0942. The number of hydrogen-bond acceptors (Lipinski definition) is 5. The molecule has 7 nitrogen and oxygen atoms in total. The van der Waals surface area contributed by atoms with Gasteiger partial charge in [0.15, 0.2) is 5.11 Å². The van der Waals surface area contributed by atoms with Crippen molar-refractivity contribution in [2.24, 2.45) is 0 Å². The molecular formula is C30H30N4O3S. The predicted octanol–water partition coefficient (Wildman–Crippen LogP) is 5.46. The van der Waals surface area contributed by atoms with E-state index >= 15 is 0 Å². The molecule has 0 saturated carbocycles. The zero-order valence-corrected chi connectivity index (χ0v) is 22.7. The van der Waals surface area contributed by atoms with Crippen LogP contribution < -0.4 is 10.1 Å². The molecule has 0 amide bonds. The van der Waals surface area contributed by atoms with E-state index in [4.69, 9.17) is 21.7 Å². The summed E-state index contributed by atoms with van der Waals surface area (Å²) in [4.78, 5) is 19.1. The maximum atomic E-state index is 12.2. The lowest BCUT2D eigenvalue weighted by Gasteiger charge is -2.28. The molecule has 5 rings (SSSR count). The molecule has 0 unspecified atom stereocenters. The Morgan fingerprint density at radius 3 is 2.50 bits per heavy atom. The first kappa shape index (κ1) is 25.5. The SMILES string of the molecule is COC(=O)c1cccc(-n2c(C)cc([C@@H]3[C@H](c4ccccn4)NC(=S)N3Cc3ccc(OC)cc3)c2C)c1. The molecule has 8 heteroatoms. The molecule has 1 aliphatic rings. The lowest BCUT2D eigenvalue weighted by molar-refractivity contribution is 0.0600. The molecule has 4 aromatic rings. The van der Waals surface area contributed by atoms with Gasteiger partial charge < -0.3 is 24.3 Å². The molecule has 1 aliphatic heterocycles. The highest BCUT2D eigenvalue weighted by Gasteiger charge is 2.41. The molecule has 1 fully saturated rings.